The van der Waals surface area contributed by atoms with Crippen molar-refractivity contribution in [3.8, 4) is 5.75 Å². The monoisotopic (exact) mass is 400 g/mol. The molecule has 0 aliphatic rings. The highest BCUT2D eigenvalue weighted by Gasteiger charge is 2.08. The van der Waals surface area contributed by atoms with Crippen LogP contribution in [-0.4, -0.2) is 11.1 Å². The van der Waals surface area contributed by atoms with E-state index in [-0.39, 0.29) is 6.42 Å². The summed E-state index contributed by atoms with van der Waals surface area (Å²) in [5, 5.41) is 8.89. The zero-order valence-electron chi connectivity index (χ0n) is 17.4. The van der Waals surface area contributed by atoms with Crippen molar-refractivity contribution in [3.63, 3.8) is 0 Å². The number of aliphatic carboxylic acids is 1. The molecule has 0 aliphatic heterocycles. The van der Waals surface area contributed by atoms with Crippen molar-refractivity contribution in [2.75, 3.05) is 0 Å². The number of hydrogen-bond acceptors (Lipinski definition) is 2. The molecule has 3 heteroatoms. The van der Waals surface area contributed by atoms with Crippen LogP contribution < -0.4 is 4.74 Å². The van der Waals surface area contributed by atoms with Crippen LogP contribution in [0.25, 0.3) is 0 Å². The van der Waals surface area contributed by atoms with Crippen LogP contribution in [-0.2, 0) is 24.1 Å². The van der Waals surface area contributed by atoms with Crippen molar-refractivity contribution in [2.45, 2.75) is 39.0 Å². The molecule has 0 atom stereocenters. The Labute approximate surface area is 178 Å². The lowest BCUT2D eigenvalue weighted by atomic mass is 10.0. The molecular formula is C27H28O3. The van der Waals surface area contributed by atoms with Gasteiger partial charge in [-0.2, -0.15) is 0 Å². The first-order valence-corrected chi connectivity index (χ1v) is 10.4. The number of hydrogen-bond donors (Lipinski definition) is 1. The normalized spacial score (nSPS) is 11.6. The van der Waals surface area contributed by atoms with Gasteiger partial charge in [0.15, 0.2) is 0 Å². The second-order valence-electron chi connectivity index (χ2n) is 7.52. The molecule has 0 heterocycles. The summed E-state index contributed by atoms with van der Waals surface area (Å²) >= 11 is 0. The summed E-state index contributed by atoms with van der Waals surface area (Å²) in [6.07, 6.45) is 3.76. The molecule has 0 amide bonds. The number of aryl methyl sites for hydroxylation is 1. The molecule has 0 unspecified atom stereocenters. The Kier molecular flexibility index (Phi) is 7.85. The van der Waals surface area contributed by atoms with E-state index in [4.69, 9.17) is 9.84 Å². The van der Waals surface area contributed by atoms with Crippen molar-refractivity contribution in [2.24, 2.45) is 0 Å². The molecule has 0 radical (unpaired) electrons. The molecule has 30 heavy (non-hydrogen) atoms. The molecule has 1 N–H and O–H groups in total. The number of carboxylic acids is 1. The third-order valence-electron chi connectivity index (χ3n) is 5.06. The maximum atomic E-state index is 10.8. The number of ether oxygens (including phenoxy) is 1. The minimum absolute atomic E-state index is 0.0712. The molecule has 0 fully saturated rings. The molecule has 3 rings (SSSR count). The molecule has 154 valence electrons. The predicted octanol–water partition coefficient (Wildman–Crippen LogP) is 6.23. The van der Waals surface area contributed by atoms with E-state index >= 15 is 0 Å². The first-order valence-electron chi connectivity index (χ1n) is 10.4. The predicted molar refractivity (Wildman–Crippen MR) is 121 cm³/mol. The average Bonchev–Trinajstić information content (AvgIpc) is 2.75. The van der Waals surface area contributed by atoms with Crippen molar-refractivity contribution in [1.82, 2.24) is 0 Å². The SMILES string of the molecule is CC(CCCc1ccc(CC(=O)O)cc1)=C(Cc1ccccc1)Oc1ccccc1. The van der Waals surface area contributed by atoms with Crippen LogP contribution in [0.15, 0.2) is 96.3 Å². The Bertz CT molecular complexity index is 915. The van der Waals surface area contributed by atoms with E-state index in [0.717, 1.165) is 42.8 Å². The van der Waals surface area contributed by atoms with Crippen LogP contribution in [0.5, 0.6) is 5.75 Å². The third kappa shape index (κ3) is 6.93. The van der Waals surface area contributed by atoms with Crippen LogP contribution in [0, 0.1) is 0 Å². The Morgan fingerprint density at radius 1 is 0.767 bits per heavy atom. The Morgan fingerprint density at radius 3 is 1.97 bits per heavy atom. The molecular weight excluding hydrogens is 372 g/mol. The number of carboxylic acid groups (broad SMARTS) is 1. The molecule has 3 aromatic carbocycles. The average molecular weight is 401 g/mol. The molecule has 0 saturated carbocycles. The van der Waals surface area contributed by atoms with E-state index in [1.54, 1.807) is 0 Å². The van der Waals surface area contributed by atoms with Gasteiger partial charge in [0.1, 0.15) is 11.5 Å². The van der Waals surface area contributed by atoms with Gasteiger partial charge in [0, 0.05) is 6.42 Å². The molecule has 3 aromatic rings. The molecule has 0 saturated heterocycles. The van der Waals surface area contributed by atoms with Crippen LogP contribution >= 0.6 is 0 Å². The second kappa shape index (κ2) is 11.0. The van der Waals surface area contributed by atoms with E-state index in [2.05, 4.69) is 31.2 Å². The fourth-order valence-corrected chi connectivity index (χ4v) is 3.38. The van der Waals surface area contributed by atoms with Gasteiger partial charge in [-0.3, -0.25) is 4.79 Å². The van der Waals surface area contributed by atoms with Crippen LogP contribution in [0.2, 0.25) is 0 Å². The lowest BCUT2D eigenvalue weighted by molar-refractivity contribution is -0.136. The first-order chi connectivity index (χ1) is 14.6. The zero-order valence-corrected chi connectivity index (χ0v) is 17.4. The zero-order chi connectivity index (χ0) is 21.2. The molecule has 0 aliphatic carbocycles. The second-order valence-corrected chi connectivity index (χ2v) is 7.52. The maximum Gasteiger partial charge on any atom is 0.307 e. The standard InChI is InChI=1S/C27H28O3/c1-21(9-8-12-22-15-17-24(18-16-22)20-27(28)29)26(19-23-10-4-2-5-11-23)30-25-13-6-3-7-14-25/h2-7,10-11,13-18H,8-9,12,19-20H2,1H3,(H,28,29). The van der Waals surface area contributed by atoms with E-state index in [0.29, 0.717) is 0 Å². The number of rotatable bonds is 10. The molecule has 0 spiro atoms. The van der Waals surface area contributed by atoms with Gasteiger partial charge in [-0.25, -0.2) is 0 Å². The number of benzene rings is 3. The third-order valence-corrected chi connectivity index (χ3v) is 5.06. The van der Waals surface area contributed by atoms with Gasteiger partial charge in [-0.1, -0.05) is 72.8 Å². The fraction of sp³-hybridized carbons (Fsp3) is 0.222. The van der Waals surface area contributed by atoms with Crippen LogP contribution in [0.3, 0.4) is 0 Å². The van der Waals surface area contributed by atoms with Crippen LogP contribution in [0.4, 0.5) is 0 Å². The number of para-hydroxylation sites is 1. The summed E-state index contributed by atoms with van der Waals surface area (Å²) in [4.78, 5) is 10.8. The highest BCUT2D eigenvalue weighted by Crippen LogP contribution is 2.22. The Hall–Kier alpha value is -3.33. The van der Waals surface area contributed by atoms with Crippen molar-refractivity contribution < 1.29 is 14.6 Å². The van der Waals surface area contributed by atoms with Crippen molar-refractivity contribution in [3.05, 3.63) is 113 Å². The van der Waals surface area contributed by atoms with E-state index in [1.807, 2.05) is 60.7 Å². The summed E-state index contributed by atoms with van der Waals surface area (Å²) in [5.41, 5.74) is 4.55. The lowest BCUT2D eigenvalue weighted by Crippen LogP contribution is -2.04. The van der Waals surface area contributed by atoms with Gasteiger partial charge < -0.3 is 9.84 Å². The van der Waals surface area contributed by atoms with Gasteiger partial charge >= 0.3 is 5.97 Å². The molecule has 0 bridgehead atoms. The van der Waals surface area contributed by atoms with Crippen molar-refractivity contribution >= 4 is 5.97 Å². The minimum atomic E-state index is -0.798. The van der Waals surface area contributed by atoms with Gasteiger partial charge in [0.2, 0.25) is 0 Å². The molecule has 0 aromatic heterocycles. The number of carbonyl (C=O) groups is 1. The fourth-order valence-electron chi connectivity index (χ4n) is 3.38. The quantitative estimate of drug-likeness (QED) is 0.410. The molecule has 3 nitrogen and oxygen atoms in total. The number of allylic oxidation sites excluding steroid dienone is 2. The summed E-state index contributed by atoms with van der Waals surface area (Å²) in [6.45, 7) is 2.15. The summed E-state index contributed by atoms with van der Waals surface area (Å²) in [6, 6.07) is 28.2. The lowest BCUT2D eigenvalue weighted by Gasteiger charge is -2.15. The summed E-state index contributed by atoms with van der Waals surface area (Å²) < 4.78 is 6.26. The van der Waals surface area contributed by atoms with Crippen LogP contribution in [0.1, 0.15) is 36.5 Å². The first kappa shape index (κ1) is 21.4. The van der Waals surface area contributed by atoms with E-state index < -0.39 is 5.97 Å². The topological polar surface area (TPSA) is 46.5 Å². The van der Waals surface area contributed by atoms with E-state index in [1.165, 1.54) is 16.7 Å². The van der Waals surface area contributed by atoms with Gasteiger partial charge in [-0.05, 0) is 60.6 Å². The smallest absolute Gasteiger partial charge is 0.307 e. The van der Waals surface area contributed by atoms with Gasteiger partial charge in [-0.15, -0.1) is 0 Å². The Morgan fingerprint density at radius 2 is 1.33 bits per heavy atom. The van der Waals surface area contributed by atoms with E-state index in [9.17, 15) is 4.79 Å². The summed E-state index contributed by atoms with van der Waals surface area (Å²) in [7, 11) is 0. The summed E-state index contributed by atoms with van der Waals surface area (Å²) in [5.74, 6) is 1.06. The maximum absolute atomic E-state index is 10.8. The van der Waals surface area contributed by atoms with Crippen molar-refractivity contribution in [1.29, 1.82) is 0 Å². The Balaban J connectivity index is 1.64. The minimum Gasteiger partial charge on any atom is -0.481 e. The highest BCUT2D eigenvalue weighted by molar-refractivity contribution is 5.70. The largest absolute Gasteiger partial charge is 0.481 e. The van der Waals surface area contributed by atoms with Gasteiger partial charge in [0.25, 0.3) is 0 Å². The highest BCUT2D eigenvalue weighted by atomic mass is 16.5. The van der Waals surface area contributed by atoms with Gasteiger partial charge in [0.05, 0.1) is 6.42 Å².